The molecule has 0 aliphatic heterocycles. The highest BCUT2D eigenvalue weighted by atomic mass is 16.1. The molecule has 3 heteroatoms. The Bertz CT molecular complexity index is 551. The molecular formula is C15H18N2O. The Morgan fingerprint density at radius 3 is 2.67 bits per heavy atom. The molecule has 18 heavy (non-hydrogen) atoms. The van der Waals surface area contributed by atoms with Gasteiger partial charge in [-0.3, -0.25) is 14.8 Å². The Morgan fingerprint density at radius 1 is 1.22 bits per heavy atom. The maximum absolute atomic E-state index is 12.1. The molecule has 1 unspecified atom stereocenters. The summed E-state index contributed by atoms with van der Waals surface area (Å²) in [7, 11) is 0. The topological polar surface area (TPSA) is 42.9 Å². The van der Waals surface area contributed by atoms with Gasteiger partial charge in [-0.2, -0.15) is 0 Å². The molecular weight excluding hydrogens is 224 g/mol. The maximum Gasteiger partial charge on any atom is 0.163 e. The summed E-state index contributed by atoms with van der Waals surface area (Å²) in [6.07, 6.45) is 6.14. The lowest BCUT2D eigenvalue weighted by Crippen LogP contribution is -2.06. The highest BCUT2D eigenvalue weighted by Crippen LogP contribution is 2.17. The summed E-state index contributed by atoms with van der Waals surface area (Å²) in [5.74, 6) is 0.642. The number of hydrogen-bond acceptors (Lipinski definition) is 3. The third kappa shape index (κ3) is 2.92. The number of hydrogen-bond donors (Lipinski definition) is 0. The number of nitrogens with zero attached hydrogens (tertiary/aromatic N) is 2. The first-order valence-corrected chi connectivity index (χ1v) is 6.44. The van der Waals surface area contributed by atoms with Crippen LogP contribution < -0.4 is 0 Å². The van der Waals surface area contributed by atoms with Crippen molar-refractivity contribution in [2.75, 3.05) is 0 Å². The fourth-order valence-electron chi connectivity index (χ4n) is 2.17. The van der Waals surface area contributed by atoms with Crippen LogP contribution in [0.4, 0.5) is 0 Å². The number of aromatic nitrogens is 2. The molecule has 0 saturated heterocycles. The zero-order valence-electron chi connectivity index (χ0n) is 10.9. The van der Waals surface area contributed by atoms with E-state index >= 15 is 0 Å². The van der Waals surface area contributed by atoms with Crippen molar-refractivity contribution in [1.82, 2.24) is 9.97 Å². The molecule has 0 spiro atoms. The van der Waals surface area contributed by atoms with Crippen molar-refractivity contribution in [1.29, 1.82) is 0 Å². The number of carbonyl (C=O) groups excluding carboxylic acids is 1. The molecule has 94 valence electrons. The van der Waals surface area contributed by atoms with E-state index < -0.39 is 0 Å². The standard InChI is InChI=1S/C15H18N2O/c1-3-4-11(2)9-15(18)12-5-6-13-14(10-12)17-8-7-16-13/h5-8,10-11H,3-4,9H2,1-2H3. The Balaban J connectivity index is 2.17. The molecule has 1 heterocycles. The van der Waals surface area contributed by atoms with Gasteiger partial charge >= 0.3 is 0 Å². The second-order valence-electron chi connectivity index (χ2n) is 4.78. The van der Waals surface area contributed by atoms with Crippen LogP contribution in [0.25, 0.3) is 11.0 Å². The summed E-state index contributed by atoms with van der Waals surface area (Å²) in [6, 6.07) is 5.54. The van der Waals surface area contributed by atoms with Crippen LogP contribution in [0, 0.1) is 5.92 Å². The fraction of sp³-hybridized carbons (Fsp3) is 0.400. The largest absolute Gasteiger partial charge is 0.294 e. The number of fused-ring (bicyclic) bond motifs is 1. The minimum absolute atomic E-state index is 0.198. The Morgan fingerprint density at radius 2 is 1.94 bits per heavy atom. The molecule has 1 atom stereocenters. The second-order valence-corrected chi connectivity index (χ2v) is 4.78. The van der Waals surface area contributed by atoms with E-state index in [0.717, 1.165) is 29.4 Å². The molecule has 0 saturated carbocycles. The van der Waals surface area contributed by atoms with Crippen LogP contribution in [0.3, 0.4) is 0 Å². The SMILES string of the molecule is CCCC(C)CC(=O)c1ccc2nccnc2c1. The quantitative estimate of drug-likeness (QED) is 0.752. The number of benzene rings is 1. The predicted octanol–water partition coefficient (Wildman–Crippen LogP) is 3.64. The first-order chi connectivity index (χ1) is 8.70. The van der Waals surface area contributed by atoms with E-state index in [1.54, 1.807) is 12.4 Å². The van der Waals surface area contributed by atoms with Gasteiger partial charge in [-0.1, -0.05) is 26.7 Å². The van der Waals surface area contributed by atoms with Gasteiger partial charge in [-0.25, -0.2) is 0 Å². The number of carbonyl (C=O) groups is 1. The summed E-state index contributed by atoms with van der Waals surface area (Å²) in [5.41, 5.74) is 2.35. The molecule has 0 amide bonds. The third-order valence-corrected chi connectivity index (χ3v) is 3.11. The van der Waals surface area contributed by atoms with Crippen molar-refractivity contribution in [3.63, 3.8) is 0 Å². The molecule has 0 N–H and O–H groups in total. The second kappa shape index (κ2) is 5.71. The van der Waals surface area contributed by atoms with Crippen molar-refractivity contribution in [2.24, 2.45) is 5.92 Å². The summed E-state index contributed by atoms with van der Waals surface area (Å²) < 4.78 is 0. The Hall–Kier alpha value is -1.77. The molecule has 0 aliphatic rings. The first kappa shape index (κ1) is 12.7. The lowest BCUT2D eigenvalue weighted by molar-refractivity contribution is 0.0962. The summed E-state index contributed by atoms with van der Waals surface area (Å²) in [5, 5.41) is 0. The number of Topliss-reactive ketones (excluding diaryl/α,β-unsaturated/α-hetero) is 1. The van der Waals surface area contributed by atoms with Crippen LogP contribution in [-0.2, 0) is 0 Å². The van der Waals surface area contributed by atoms with Crippen LogP contribution in [0.15, 0.2) is 30.6 Å². The van der Waals surface area contributed by atoms with Crippen molar-refractivity contribution in [3.8, 4) is 0 Å². The van der Waals surface area contributed by atoms with Gasteiger partial charge in [0.1, 0.15) is 0 Å². The minimum Gasteiger partial charge on any atom is -0.294 e. The van der Waals surface area contributed by atoms with Gasteiger partial charge in [0.15, 0.2) is 5.78 Å². The molecule has 0 bridgehead atoms. The number of rotatable bonds is 5. The van der Waals surface area contributed by atoms with Crippen LogP contribution >= 0.6 is 0 Å². The maximum atomic E-state index is 12.1. The van der Waals surface area contributed by atoms with Gasteiger partial charge in [0.05, 0.1) is 11.0 Å². The third-order valence-electron chi connectivity index (χ3n) is 3.11. The monoisotopic (exact) mass is 242 g/mol. The van der Waals surface area contributed by atoms with Crippen LogP contribution in [-0.4, -0.2) is 15.8 Å². The number of ketones is 1. The van der Waals surface area contributed by atoms with Gasteiger partial charge < -0.3 is 0 Å². The smallest absolute Gasteiger partial charge is 0.163 e. The minimum atomic E-state index is 0.198. The summed E-state index contributed by atoms with van der Waals surface area (Å²) in [4.78, 5) is 20.5. The average Bonchev–Trinajstić information content (AvgIpc) is 2.38. The van der Waals surface area contributed by atoms with Gasteiger partial charge in [-0.05, 0) is 24.1 Å². The Kier molecular flexibility index (Phi) is 4.03. The van der Waals surface area contributed by atoms with Crippen molar-refractivity contribution < 1.29 is 4.79 Å². The Labute approximate surface area is 107 Å². The molecule has 3 nitrogen and oxygen atoms in total. The normalized spacial score (nSPS) is 12.6. The van der Waals surface area contributed by atoms with Crippen LogP contribution in [0.2, 0.25) is 0 Å². The van der Waals surface area contributed by atoms with Crippen LogP contribution in [0.1, 0.15) is 43.5 Å². The van der Waals surface area contributed by atoms with E-state index in [2.05, 4.69) is 23.8 Å². The first-order valence-electron chi connectivity index (χ1n) is 6.44. The highest BCUT2D eigenvalue weighted by molar-refractivity contribution is 5.98. The average molecular weight is 242 g/mol. The summed E-state index contributed by atoms with van der Waals surface area (Å²) >= 11 is 0. The van der Waals surface area contributed by atoms with Gasteiger partial charge in [0, 0.05) is 24.4 Å². The predicted molar refractivity (Wildman–Crippen MR) is 72.6 cm³/mol. The van der Waals surface area contributed by atoms with E-state index in [0.29, 0.717) is 12.3 Å². The van der Waals surface area contributed by atoms with E-state index in [1.165, 1.54) is 0 Å². The lowest BCUT2D eigenvalue weighted by Gasteiger charge is -2.09. The van der Waals surface area contributed by atoms with Gasteiger partial charge in [0.2, 0.25) is 0 Å². The molecule has 2 aromatic rings. The van der Waals surface area contributed by atoms with Gasteiger partial charge in [0.25, 0.3) is 0 Å². The lowest BCUT2D eigenvalue weighted by atomic mass is 9.96. The van der Waals surface area contributed by atoms with E-state index in [1.807, 2.05) is 18.2 Å². The zero-order chi connectivity index (χ0) is 13.0. The van der Waals surface area contributed by atoms with Crippen molar-refractivity contribution in [3.05, 3.63) is 36.2 Å². The van der Waals surface area contributed by atoms with E-state index in [9.17, 15) is 4.79 Å². The van der Waals surface area contributed by atoms with Crippen molar-refractivity contribution in [2.45, 2.75) is 33.1 Å². The fourth-order valence-corrected chi connectivity index (χ4v) is 2.17. The molecule has 0 fully saturated rings. The van der Waals surface area contributed by atoms with E-state index in [4.69, 9.17) is 0 Å². The molecule has 2 rings (SSSR count). The highest BCUT2D eigenvalue weighted by Gasteiger charge is 2.11. The summed E-state index contributed by atoms with van der Waals surface area (Å²) in [6.45, 7) is 4.27. The molecule has 1 aromatic heterocycles. The molecule has 0 radical (unpaired) electrons. The zero-order valence-corrected chi connectivity index (χ0v) is 10.9. The molecule has 1 aromatic carbocycles. The molecule has 0 aliphatic carbocycles. The van der Waals surface area contributed by atoms with Crippen LogP contribution in [0.5, 0.6) is 0 Å². The van der Waals surface area contributed by atoms with Crippen molar-refractivity contribution >= 4 is 16.8 Å². The van der Waals surface area contributed by atoms with E-state index in [-0.39, 0.29) is 5.78 Å². The van der Waals surface area contributed by atoms with Gasteiger partial charge in [-0.15, -0.1) is 0 Å².